The normalized spacial score (nSPS) is 24.6. The maximum absolute atomic E-state index is 9.08. The van der Waals surface area contributed by atoms with Crippen molar-refractivity contribution >= 4 is 33.3 Å². The lowest BCUT2D eigenvalue weighted by molar-refractivity contribution is 0.185. The first-order chi connectivity index (χ1) is 8.19. The van der Waals surface area contributed by atoms with Gasteiger partial charge in [-0.05, 0) is 59.1 Å². The number of nitrogens with one attached hydrogen (secondary N) is 1. The third-order valence-electron chi connectivity index (χ3n) is 3.16. The number of aliphatic hydroxyl groups is 1. The number of aliphatic hydroxyl groups excluding tert-OH is 1. The van der Waals surface area contributed by atoms with Crippen LogP contribution in [0.15, 0.2) is 10.7 Å². The van der Waals surface area contributed by atoms with Gasteiger partial charge in [0.2, 0.25) is 5.28 Å². The molecule has 6 heteroatoms. The number of halogens is 2. The first-order valence-corrected chi connectivity index (χ1v) is 6.91. The molecule has 4 nitrogen and oxygen atoms in total. The SMILES string of the molecule is OCC1CCC(Nc2nc(Cl)ncc2Br)CC1. The van der Waals surface area contributed by atoms with Crippen molar-refractivity contribution in [2.75, 3.05) is 11.9 Å². The zero-order valence-corrected chi connectivity index (χ0v) is 11.7. The van der Waals surface area contributed by atoms with Gasteiger partial charge in [0.05, 0.1) is 4.47 Å². The van der Waals surface area contributed by atoms with E-state index >= 15 is 0 Å². The van der Waals surface area contributed by atoms with Crippen LogP contribution in [0, 0.1) is 5.92 Å². The second-order valence-corrected chi connectivity index (χ2v) is 5.57. The minimum atomic E-state index is 0.250. The van der Waals surface area contributed by atoms with Crippen LogP contribution in [0.5, 0.6) is 0 Å². The van der Waals surface area contributed by atoms with Gasteiger partial charge in [0.25, 0.3) is 0 Å². The van der Waals surface area contributed by atoms with Crippen LogP contribution >= 0.6 is 27.5 Å². The second kappa shape index (κ2) is 5.98. The Hall–Kier alpha value is -0.390. The summed E-state index contributed by atoms with van der Waals surface area (Å²) in [6, 6.07) is 0.403. The van der Waals surface area contributed by atoms with Crippen molar-refractivity contribution in [2.24, 2.45) is 5.92 Å². The molecule has 0 aromatic carbocycles. The van der Waals surface area contributed by atoms with Crippen LogP contribution in [-0.4, -0.2) is 27.7 Å². The molecule has 0 amide bonds. The fourth-order valence-corrected chi connectivity index (χ4v) is 2.57. The average Bonchev–Trinajstić information content (AvgIpc) is 2.35. The highest BCUT2D eigenvalue weighted by Crippen LogP contribution is 2.28. The van der Waals surface area contributed by atoms with Crippen molar-refractivity contribution < 1.29 is 5.11 Å². The van der Waals surface area contributed by atoms with E-state index in [1.54, 1.807) is 6.20 Å². The molecule has 0 atom stereocenters. The van der Waals surface area contributed by atoms with E-state index in [4.69, 9.17) is 16.7 Å². The minimum Gasteiger partial charge on any atom is -0.396 e. The molecular formula is C11H15BrClN3O. The Morgan fingerprint density at radius 1 is 1.41 bits per heavy atom. The standard InChI is InChI=1S/C11H15BrClN3O/c12-9-5-14-11(13)16-10(9)15-8-3-1-7(6-17)2-4-8/h5,7-8,17H,1-4,6H2,(H,14,15,16). The van der Waals surface area contributed by atoms with Crippen molar-refractivity contribution in [3.05, 3.63) is 16.0 Å². The summed E-state index contributed by atoms with van der Waals surface area (Å²) in [6.07, 6.45) is 5.88. The lowest BCUT2D eigenvalue weighted by Crippen LogP contribution is -2.27. The van der Waals surface area contributed by atoms with Gasteiger partial charge in [-0.25, -0.2) is 4.98 Å². The molecule has 1 heterocycles. The summed E-state index contributed by atoms with van der Waals surface area (Å²) in [7, 11) is 0. The molecule has 0 bridgehead atoms. The summed E-state index contributed by atoms with van der Waals surface area (Å²) < 4.78 is 0.825. The van der Waals surface area contributed by atoms with Gasteiger partial charge < -0.3 is 10.4 Å². The third-order valence-corrected chi connectivity index (χ3v) is 3.92. The van der Waals surface area contributed by atoms with E-state index in [0.717, 1.165) is 36.0 Å². The summed E-state index contributed by atoms with van der Waals surface area (Å²) in [4.78, 5) is 8.05. The summed E-state index contributed by atoms with van der Waals surface area (Å²) in [5.74, 6) is 1.21. The zero-order valence-electron chi connectivity index (χ0n) is 9.37. The molecule has 0 spiro atoms. The molecule has 17 heavy (non-hydrogen) atoms. The topological polar surface area (TPSA) is 58.0 Å². The molecule has 1 aliphatic carbocycles. The molecule has 1 saturated carbocycles. The number of nitrogens with zero attached hydrogens (tertiary/aromatic N) is 2. The third kappa shape index (κ3) is 3.53. The molecule has 94 valence electrons. The number of anilines is 1. The van der Waals surface area contributed by atoms with Crippen molar-refractivity contribution in [3.8, 4) is 0 Å². The number of hydrogen-bond acceptors (Lipinski definition) is 4. The molecule has 0 saturated heterocycles. The monoisotopic (exact) mass is 319 g/mol. The van der Waals surface area contributed by atoms with Crippen LogP contribution in [0.25, 0.3) is 0 Å². The minimum absolute atomic E-state index is 0.250. The molecule has 0 aliphatic heterocycles. The highest BCUT2D eigenvalue weighted by molar-refractivity contribution is 9.10. The van der Waals surface area contributed by atoms with Gasteiger partial charge in [-0.3, -0.25) is 0 Å². The largest absolute Gasteiger partial charge is 0.396 e. The fourth-order valence-electron chi connectivity index (χ4n) is 2.13. The molecule has 0 radical (unpaired) electrons. The van der Waals surface area contributed by atoms with Crippen molar-refractivity contribution in [2.45, 2.75) is 31.7 Å². The van der Waals surface area contributed by atoms with Crippen molar-refractivity contribution in [1.82, 2.24) is 9.97 Å². The Morgan fingerprint density at radius 3 is 2.76 bits per heavy atom. The smallest absolute Gasteiger partial charge is 0.224 e. The van der Waals surface area contributed by atoms with Gasteiger partial charge in [-0.1, -0.05) is 0 Å². The molecule has 2 rings (SSSR count). The lowest BCUT2D eigenvalue weighted by atomic mass is 9.86. The predicted molar refractivity (Wildman–Crippen MR) is 71.2 cm³/mol. The molecule has 1 aliphatic rings. The van der Waals surface area contributed by atoms with Gasteiger partial charge in [0.15, 0.2) is 0 Å². The van der Waals surface area contributed by atoms with Crippen LogP contribution in [0.4, 0.5) is 5.82 Å². The Balaban J connectivity index is 1.95. The molecule has 2 N–H and O–H groups in total. The average molecular weight is 321 g/mol. The quantitative estimate of drug-likeness (QED) is 0.841. The Bertz CT molecular complexity index is 383. The molecule has 1 aromatic heterocycles. The maximum Gasteiger partial charge on any atom is 0.224 e. The van der Waals surface area contributed by atoms with E-state index in [-0.39, 0.29) is 5.28 Å². The maximum atomic E-state index is 9.08. The first kappa shape index (κ1) is 13.1. The van der Waals surface area contributed by atoms with E-state index in [1.807, 2.05) is 0 Å². The summed E-state index contributed by atoms with van der Waals surface area (Å²) in [5, 5.41) is 12.7. The lowest BCUT2D eigenvalue weighted by Gasteiger charge is -2.28. The van der Waals surface area contributed by atoms with E-state index in [9.17, 15) is 0 Å². The molecule has 0 unspecified atom stereocenters. The highest BCUT2D eigenvalue weighted by Gasteiger charge is 2.21. The summed E-state index contributed by atoms with van der Waals surface area (Å²) in [5.41, 5.74) is 0. The van der Waals surface area contributed by atoms with Gasteiger partial charge in [-0.2, -0.15) is 4.98 Å². The number of hydrogen-bond donors (Lipinski definition) is 2. The van der Waals surface area contributed by atoms with Crippen molar-refractivity contribution in [1.29, 1.82) is 0 Å². The van der Waals surface area contributed by atoms with Gasteiger partial charge in [0.1, 0.15) is 5.82 Å². The first-order valence-electron chi connectivity index (χ1n) is 5.74. The summed E-state index contributed by atoms with van der Waals surface area (Å²) in [6.45, 7) is 0.301. The Morgan fingerprint density at radius 2 is 2.12 bits per heavy atom. The summed E-state index contributed by atoms with van der Waals surface area (Å²) >= 11 is 9.16. The van der Waals surface area contributed by atoms with E-state index in [2.05, 4.69) is 31.2 Å². The highest BCUT2D eigenvalue weighted by atomic mass is 79.9. The van der Waals surface area contributed by atoms with E-state index in [1.165, 1.54) is 0 Å². The van der Waals surface area contributed by atoms with Crippen LogP contribution in [-0.2, 0) is 0 Å². The molecule has 1 aromatic rings. The van der Waals surface area contributed by atoms with Crippen LogP contribution < -0.4 is 5.32 Å². The zero-order chi connectivity index (χ0) is 12.3. The van der Waals surface area contributed by atoms with Gasteiger partial charge >= 0.3 is 0 Å². The fraction of sp³-hybridized carbons (Fsp3) is 0.636. The van der Waals surface area contributed by atoms with Crippen LogP contribution in [0.3, 0.4) is 0 Å². The van der Waals surface area contributed by atoms with Gasteiger partial charge in [0, 0.05) is 18.8 Å². The Kier molecular flexibility index (Phi) is 4.59. The predicted octanol–water partition coefficient (Wildman–Crippen LogP) is 2.86. The second-order valence-electron chi connectivity index (χ2n) is 4.38. The number of aromatic nitrogens is 2. The molecular weight excluding hydrogens is 305 g/mol. The van der Waals surface area contributed by atoms with Crippen LogP contribution in [0.1, 0.15) is 25.7 Å². The number of rotatable bonds is 3. The van der Waals surface area contributed by atoms with E-state index in [0.29, 0.717) is 18.6 Å². The molecule has 1 fully saturated rings. The van der Waals surface area contributed by atoms with E-state index < -0.39 is 0 Å². The van der Waals surface area contributed by atoms with Crippen LogP contribution in [0.2, 0.25) is 5.28 Å². The van der Waals surface area contributed by atoms with Gasteiger partial charge in [-0.15, -0.1) is 0 Å². The Labute approximate surface area is 114 Å². The van der Waals surface area contributed by atoms with Crippen molar-refractivity contribution in [3.63, 3.8) is 0 Å².